The van der Waals surface area contributed by atoms with E-state index in [1.165, 1.54) is 12.1 Å². The molecule has 0 aromatic heterocycles. The summed E-state index contributed by atoms with van der Waals surface area (Å²) in [5.74, 6) is -2.43. The molecule has 0 aliphatic heterocycles. The molecule has 0 amide bonds. The number of aliphatic carboxylic acids is 1. The van der Waals surface area contributed by atoms with Gasteiger partial charge in [-0.15, -0.1) is 0 Å². The zero-order chi connectivity index (χ0) is 26.8. The summed E-state index contributed by atoms with van der Waals surface area (Å²) in [7, 11) is 0. The number of carbonyl (C=O) groups is 4. The highest BCUT2D eigenvalue weighted by Gasteiger charge is 2.43. The smallest absolute Gasteiger partial charge is 0.364 e. The monoisotopic (exact) mass is 493 g/mol. The Morgan fingerprint density at radius 3 is 1.83 bits per heavy atom. The predicted octanol–water partition coefficient (Wildman–Crippen LogP) is 4.25. The van der Waals surface area contributed by atoms with Crippen LogP contribution in [0.4, 0.5) is 0 Å². The molecule has 9 heteroatoms. The van der Waals surface area contributed by atoms with Crippen molar-refractivity contribution in [3.05, 3.63) is 23.8 Å². The third-order valence-electron chi connectivity index (χ3n) is 4.95. The largest absolute Gasteiger partial charge is 0.477 e. The summed E-state index contributed by atoms with van der Waals surface area (Å²) >= 11 is 0. The number of ether oxygens (including phenoxy) is 3. The van der Waals surface area contributed by atoms with Crippen molar-refractivity contribution in [1.82, 2.24) is 5.32 Å². The van der Waals surface area contributed by atoms with Gasteiger partial charge >= 0.3 is 23.9 Å². The Bertz CT molecular complexity index is 893. The Hall–Kier alpha value is -2.94. The van der Waals surface area contributed by atoms with Crippen molar-refractivity contribution in [2.24, 2.45) is 11.8 Å². The highest BCUT2D eigenvalue weighted by molar-refractivity contribution is 5.81. The van der Waals surface area contributed by atoms with Crippen LogP contribution in [0.2, 0.25) is 0 Å². The molecule has 0 saturated heterocycles. The fourth-order valence-corrected chi connectivity index (χ4v) is 3.28. The maximum atomic E-state index is 12.4. The van der Waals surface area contributed by atoms with E-state index < -0.39 is 29.6 Å². The van der Waals surface area contributed by atoms with Crippen LogP contribution in [-0.4, -0.2) is 40.8 Å². The van der Waals surface area contributed by atoms with Gasteiger partial charge in [-0.2, -0.15) is 0 Å². The van der Waals surface area contributed by atoms with Crippen LogP contribution < -0.4 is 14.8 Å². The number of carboxylic acid groups (broad SMARTS) is 1. The maximum Gasteiger partial charge on any atom is 0.364 e. The van der Waals surface area contributed by atoms with E-state index in [0.29, 0.717) is 30.2 Å². The number of esters is 3. The van der Waals surface area contributed by atoms with Gasteiger partial charge in [0.15, 0.2) is 11.5 Å². The number of hydrogen-bond donors (Lipinski definition) is 2. The van der Waals surface area contributed by atoms with Crippen LogP contribution >= 0.6 is 0 Å². The number of nitrogens with one attached hydrogen (secondary N) is 1. The van der Waals surface area contributed by atoms with E-state index in [0.717, 1.165) is 6.92 Å². The zero-order valence-corrected chi connectivity index (χ0v) is 21.8. The molecule has 1 aromatic rings. The van der Waals surface area contributed by atoms with Crippen molar-refractivity contribution < 1.29 is 38.5 Å². The lowest BCUT2D eigenvalue weighted by molar-refractivity contribution is -0.182. The van der Waals surface area contributed by atoms with Gasteiger partial charge in [0.25, 0.3) is 5.72 Å². The van der Waals surface area contributed by atoms with E-state index in [1.807, 2.05) is 27.7 Å². The third-order valence-corrected chi connectivity index (χ3v) is 4.95. The topological polar surface area (TPSA) is 128 Å². The fraction of sp³-hybridized carbons (Fsp3) is 0.615. The lowest BCUT2D eigenvalue weighted by Gasteiger charge is -2.32. The highest BCUT2D eigenvalue weighted by atomic mass is 16.6. The fourth-order valence-electron chi connectivity index (χ4n) is 3.28. The summed E-state index contributed by atoms with van der Waals surface area (Å²) in [5, 5.41) is 12.7. The van der Waals surface area contributed by atoms with Crippen molar-refractivity contribution in [2.75, 3.05) is 0 Å². The second-order valence-electron chi connectivity index (χ2n) is 9.80. The van der Waals surface area contributed by atoms with Crippen LogP contribution in [0.1, 0.15) is 79.7 Å². The van der Waals surface area contributed by atoms with Gasteiger partial charge in [-0.25, -0.2) is 4.79 Å². The molecule has 0 unspecified atom stereocenters. The lowest BCUT2D eigenvalue weighted by Crippen LogP contribution is -2.59. The first-order valence-electron chi connectivity index (χ1n) is 12.0. The minimum absolute atomic E-state index is 0.000753. The van der Waals surface area contributed by atoms with Crippen LogP contribution in [0.3, 0.4) is 0 Å². The van der Waals surface area contributed by atoms with Gasteiger partial charge in [-0.1, -0.05) is 33.8 Å². The molecule has 2 N–H and O–H groups in total. The van der Waals surface area contributed by atoms with E-state index in [4.69, 9.17) is 14.2 Å². The molecule has 0 spiro atoms. The van der Waals surface area contributed by atoms with Gasteiger partial charge in [-0.05, 0) is 56.2 Å². The quantitative estimate of drug-likeness (QED) is 0.222. The number of benzene rings is 1. The second kappa shape index (κ2) is 13.8. The van der Waals surface area contributed by atoms with Crippen molar-refractivity contribution in [3.63, 3.8) is 0 Å². The van der Waals surface area contributed by atoms with Gasteiger partial charge in [-0.3, -0.25) is 19.7 Å². The van der Waals surface area contributed by atoms with Crippen molar-refractivity contribution in [2.45, 2.75) is 92.3 Å². The van der Waals surface area contributed by atoms with Crippen molar-refractivity contribution in [1.29, 1.82) is 0 Å². The minimum atomic E-state index is -2.03. The third kappa shape index (κ3) is 10.9. The molecular weight excluding hydrogens is 454 g/mol. The summed E-state index contributed by atoms with van der Waals surface area (Å²) in [6, 6.07) is 4.10. The molecule has 1 rings (SSSR count). The Kier molecular flexibility index (Phi) is 11.9. The van der Waals surface area contributed by atoms with Gasteiger partial charge < -0.3 is 19.3 Å². The average molecular weight is 494 g/mol. The van der Waals surface area contributed by atoms with E-state index in [-0.39, 0.29) is 36.8 Å². The van der Waals surface area contributed by atoms with Crippen LogP contribution in [0.5, 0.6) is 11.5 Å². The average Bonchev–Trinajstić information content (AvgIpc) is 2.71. The molecular formula is C26H39NO8. The number of rotatable bonds is 14. The van der Waals surface area contributed by atoms with Crippen LogP contribution in [0.15, 0.2) is 18.2 Å². The molecule has 0 saturated carbocycles. The first-order valence-corrected chi connectivity index (χ1v) is 12.0. The zero-order valence-electron chi connectivity index (χ0n) is 21.8. The molecule has 1 atom stereocenters. The lowest BCUT2D eigenvalue weighted by atomic mass is 10.0. The summed E-state index contributed by atoms with van der Waals surface area (Å²) < 4.78 is 16.2. The predicted molar refractivity (Wildman–Crippen MR) is 130 cm³/mol. The Morgan fingerprint density at radius 2 is 1.40 bits per heavy atom. The van der Waals surface area contributed by atoms with Gasteiger partial charge in [0.2, 0.25) is 0 Å². The molecule has 196 valence electrons. The maximum absolute atomic E-state index is 12.4. The van der Waals surface area contributed by atoms with Crippen LogP contribution in [0.25, 0.3) is 0 Å². The first kappa shape index (κ1) is 30.1. The van der Waals surface area contributed by atoms with E-state index >= 15 is 0 Å². The molecule has 0 fully saturated rings. The molecule has 0 radical (unpaired) electrons. The van der Waals surface area contributed by atoms with Crippen LogP contribution in [-0.2, 0) is 30.3 Å². The Labute approximate surface area is 207 Å². The number of carboxylic acids is 1. The van der Waals surface area contributed by atoms with Gasteiger partial charge in [0, 0.05) is 32.2 Å². The van der Waals surface area contributed by atoms with E-state index in [9.17, 15) is 24.3 Å². The standard InChI is InChI=1S/C26H39NO8/c1-16(2)8-12-23(29)33-21-11-10-20(14-22(21)34-24(30)13-9-17(3)4)15-26(25(31)32,27-18(5)6)35-19(7)28/h10-11,14,16-18,27H,8-9,12-13,15H2,1-7H3,(H,31,32)/t26-/m0/s1. The molecule has 1 aromatic carbocycles. The summed E-state index contributed by atoms with van der Waals surface area (Å²) in [5.41, 5.74) is -1.63. The summed E-state index contributed by atoms with van der Waals surface area (Å²) in [6.45, 7) is 12.5. The first-order chi connectivity index (χ1) is 16.2. The van der Waals surface area contributed by atoms with E-state index in [2.05, 4.69) is 5.32 Å². The molecule has 0 bridgehead atoms. The highest BCUT2D eigenvalue weighted by Crippen LogP contribution is 2.31. The number of hydrogen-bond acceptors (Lipinski definition) is 8. The Balaban J connectivity index is 3.32. The summed E-state index contributed by atoms with van der Waals surface area (Å²) in [4.78, 5) is 48.6. The normalized spacial score (nSPS) is 13.0. The molecule has 9 nitrogen and oxygen atoms in total. The molecule has 0 heterocycles. The van der Waals surface area contributed by atoms with E-state index in [1.54, 1.807) is 19.9 Å². The molecule has 0 aliphatic carbocycles. The summed E-state index contributed by atoms with van der Waals surface area (Å²) in [6.07, 6.45) is 1.38. The SMILES string of the molecule is CC(=O)O[C@](Cc1ccc(OC(=O)CCC(C)C)c(OC(=O)CCC(C)C)c1)(NC(C)C)C(=O)O. The number of carbonyl (C=O) groups excluding carboxylic acids is 3. The molecule has 35 heavy (non-hydrogen) atoms. The second-order valence-corrected chi connectivity index (χ2v) is 9.80. The Morgan fingerprint density at radius 1 is 0.886 bits per heavy atom. The van der Waals surface area contributed by atoms with Crippen LogP contribution in [0, 0.1) is 11.8 Å². The molecule has 0 aliphatic rings. The van der Waals surface area contributed by atoms with Gasteiger partial charge in [0.05, 0.1) is 0 Å². The minimum Gasteiger partial charge on any atom is -0.477 e. The van der Waals surface area contributed by atoms with Crippen molar-refractivity contribution in [3.8, 4) is 11.5 Å². The van der Waals surface area contributed by atoms with Gasteiger partial charge in [0.1, 0.15) is 0 Å². The van der Waals surface area contributed by atoms with Crippen molar-refractivity contribution >= 4 is 23.9 Å².